The lowest BCUT2D eigenvalue weighted by molar-refractivity contribution is 0.101. The number of rotatable bonds is 10. The van der Waals surface area contributed by atoms with Crippen molar-refractivity contribution in [2.45, 2.75) is 39.7 Å². The van der Waals surface area contributed by atoms with Gasteiger partial charge in [0.15, 0.2) is 11.0 Å². The minimum absolute atomic E-state index is 0.0127. The fourth-order valence-electron chi connectivity index (χ4n) is 4.76. The summed E-state index contributed by atoms with van der Waals surface area (Å²) in [5.74, 6) is 5.89. The van der Waals surface area contributed by atoms with Crippen LogP contribution in [-0.4, -0.2) is 26.3 Å². The molecule has 5 rings (SSSR count). The molecule has 0 saturated heterocycles. The van der Waals surface area contributed by atoms with E-state index < -0.39 is 0 Å². The topological polar surface area (TPSA) is 134 Å². The number of carbonyl (C=O) groups excluding carboxylic acids is 1. The monoisotopic (exact) mass is 576 g/mol. The second-order valence-electron chi connectivity index (χ2n) is 9.88. The van der Waals surface area contributed by atoms with Crippen LogP contribution in [-0.2, 0) is 13.0 Å². The molecule has 2 aromatic heterocycles. The second-order valence-corrected chi connectivity index (χ2v) is 10.7. The molecule has 0 unspecified atom stereocenters. The number of aryl methyl sites for hydroxylation is 2. The number of amides is 1. The molecule has 0 bridgehead atoms. The third kappa shape index (κ3) is 6.50. The number of amidine groups is 1. The molecule has 9 nitrogen and oxygen atoms in total. The van der Waals surface area contributed by atoms with Crippen molar-refractivity contribution in [3.63, 3.8) is 0 Å². The van der Waals surface area contributed by atoms with E-state index in [0.717, 1.165) is 58.6 Å². The molecule has 0 aliphatic carbocycles. The smallest absolute Gasteiger partial charge is 0.275 e. The van der Waals surface area contributed by atoms with E-state index in [1.165, 1.54) is 11.3 Å². The summed E-state index contributed by atoms with van der Waals surface area (Å²) in [6.45, 7) is 4.53. The Hall–Kier alpha value is -4.96. The van der Waals surface area contributed by atoms with Crippen molar-refractivity contribution in [1.29, 1.82) is 5.41 Å². The normalized spacial score (nSPS) is 11.2. The molecule has 3 aromatic carbocycles. The zero-order valence-electron chi connectivity index (χ0n) is 23.5. The Kier molecular flexibility index (Phi) is 8.93. The molecule has 1 amide bonds. The summed E-state index contributed by atoms with van der Waals surface area (Å²) < 4.78 is 1.99. The van der Waals surface area contributed by atoms with E-state index in [1.807, 2.05) is 71.5 Å². The minimum atomic E-state index is -0.230. The Morgan fingerprint density at radius 2 is 1.81 bits per heavy atom. The first kappa shape index (κ1) is 28.6. The Bertz CT molecular complexity index is 1720. The summed E-state index contributed by atoms with van der Waals surface area (Å²) in [5, 5.41) is 20.9. The Balaban J connectivity index is 1.46. The van der Waals surface area contributed by atoms with E-state index in [9.17, 15) is 4.79 Å². The van der Waals surface area contributed by atoms with E-state index in [-0.39, 0.29) is 11.7 Å². The number of anilines is 1. The molecule has 0 radical (unpaired) electrons. The van der Waals surface area contributed by atoms with Crippen LogP contribution >= 0.6 is 11.3 Å². The van der Waals surface area contributed by atoms with Gasteiger partial charge in [0.05, 0.1) is 11.9 Å². The zero-order chi connectivity index (χ0) is 29.5. The van der Waals surface area contributed by atoms with Gasteiger partial charge < -0.3 is 10.4 Å². The highest BCUT2D eigenvalue weighted by atomic mass is 32.1. The van der Waals surface area contributed by atoms with E-state index in [1.54, 1.807) is 6.20 Å². The van der Waals surface area contributed by atoms with Gasteiger partial charge in [0.2, 0.25) is 0 Å². The maximum Gasteiger partial charge on any atom is 0.275 e. The van der Waals surface area contributed by atoms with Crippen molar-refractivity contribution in [2.75, 3.05) is 5.32 Å². The summed E-state index contributed by atoms with van der Waals surface area (Å²) in [4.78, 5) is 22.2. The quantitative estimate of drug-likeness (QED) is 0.0529. The summed E-state index contributed by atoms with van der Waals surface area (Å²) in [6.07, 6.45) is 4.44. The van der Waals surface area contributed by atoms with E-state index in [4.69, 9.17) is 11.3 Å². The number of nitrogens with zero attached hydrogens (tertiary/aromatic N) is 5. The highest BCUT2D eigenvalue weighted by Crippen LogP contribution is 2.31. The number of thiazole rings is 1. The number of hydrogen-bond donors (Lipinski definition) is 3. The van der Waals surface area contributed by atoms with E-state index >= 15 is 0 Å². The molecule has 0 aliphatic rings. The molecule has 212 valence electrons. The third-order valence-corrected chi connectivity index (χ3v) is 7.79. The van der Waals surface area contributed by atoms with Gasteiger partial charge in [-0.3, -0.25) is 15.5 Å². The molecule has 4 N–H and O–H groups in total. The molecular formula is C32H32N8OS. The Morgan fingerprint density at radius 1 is 1.05 bits per heavy atom. The zero-order valence-corrected chi connectivity index (χ0v) is 24.4. The van der Waals surface area contributed by atoms with Crippen molar-refractivity contribution >= 4 is 28.2 Å². The summed E-state index contributed by atoms with van der Waals surface area (Å²) in [7, 11) is 0. The van der Waals surface area contributed by atoms with Gasteiger partial charge in [0.25, 0.3) is 5.91 Å². The van der Waals surface area contributed by atoms with Crippen molar-refractivity contribution in [2.24, 2.45) is 16.2 Å². The number of unbranched alkanes of at least 4 members (excludes halogenated alkanes) is 1. The van der Waals surface area contributed by atoms with Gasteiger partial charge in [-0.15, -0.1) is 16.5 Å². The lowest BCUT2D eigenvalue weighted by Crippen LogP contribution is -2.19. The van der Waals surface area contributed by atoms with Crippen LogP contribution in [0, 0.1) is 12.3 Å². The first-order chi connectivity index (χ1) is 20.5. The number of benzene rings is 3. The number of imidazole rings is 1. The van der Waals surface area contributed by atoms with Crippen LogP contribution in [0.25, 0.3) is 22.3 Å². The molecule has 5 aromatic rings. The minimum Gasteiger partial charge on any atom is -0.319 e. The summed E-state index contributed by atoms with van der Waals surface area (Å²) in [5.41, 5.74) is 6.90. The van der Waals surface area contributed by atoms with Gasteiger partial charge >= 0.3 is 0 Å². The predicted octanol–water partition coefficient (Wildman–Crippen LogP) is 7.28. The third-order valence-electron chi connectivity index (χ3n) is 6.91. The maximum atomic E-state index is 13.2. The van der Waals surface area contributed by atoms with E-state index in [2.05, 4.69) is 50.7 Å². The van der Waals surface area contributed by atoms with Crippen LogP contribution in [0.3, 0.4) is 0 Å². The maximum absolute atomic E-state index is 13.2. The van der Waals surface area contributed by atoms with Crippen LogP contribution in [0.2, 0.25) is 0 Å². The van der Waals surface area contributed by atoms with Gasteiger partial charge in [-0.2, -0.15) is 0 Å². The van der Waals surface area contributed by atoms with Crippen LogP contribution < -0.4 is 11.2 Å². The van der Waals surface area contributed by atoms with Crippen LogP contribution in [0.5, 0.6) is 0 Å². The second kappa shape index (κ2) is 13.1. The predicted molar refractivity (Wildman–Crippen MR) is 168 cm³/mol. The lowest BCUT2D eigenvalue weighted by Gasteiger charge is -2.14. The largest absolute Gasteiger partial charge is 0.319 e. The van der Waals surface area contributed by atoms with Crippen LogP contribution in [0.15, 0.2) is 94.7 Å². The van der Waals surface area contributed by atoms with Crippen molar-refractivity contribution in [1.82, 2.24) is 14.5 Å². The molecule has 0 aliphatic heterocycles. The number of carbonyl (C=O) groups is 1. The summed E-state index contributed by atoms with van der Waals surface area (Å²) in [6, 6.07) is 24.1. The van der Waals surface area contributed by atoms with Gasteiger partial charge in [-0.05, 0) is 53.3 Å². The Morgan fingerprint density at radius 3 is 2.50 bits per heavy atom. The molecule has 0 fully saturated rings. The molecule has 10 heteroatoms. The Labute approximate surface area is 248 Å². The fourth-order valence-corrected chi connectivity index (χ4v) is 5.45. The van der Waals surface area contributed by atoms with Crippen molar-refractivity contribution in [3.05, 3.63) is 113 Å². The van der Waals surface area contributed by atoms with Gasteiger partial charge in [-0.25, -0.2) is 9.97 Å². The van der Waals surface area contributed by atoms with Crippen LogP contribution in [0.1, 0.15) is 52.9 Å². The summed E-state index contributed by atoms with van der Waals surface area (Å²) >= 11 is 1.40. The molecule has 0 saturated carbocycles. The lowest BCUT2D eigenvalue weighted by atomic mass is 9.93. The molecule has 42 heavy (non-hydrogen) atoms. The molecule has 2 heterocycles. The number of aromatic nitrogens is 3. The van der Waals surface area contributed by atoms with E-state index in [0.29, 0.717) is 22.9 Å². The average Bonchev–Trinajstić information content (AvgIpc) is 3.61. The van der Waals surface area contributed by atoms with Gasteiger partial charge in [-0.1, -0.05) is 79.2 Å². The highest BCUT2D eigenvalue weighted by Gasteiger charge is 2.18. The first-order valence-corrected chi connectivity index (χ1v) is 14.6. The van der Waals surface area contributed by atoms with Crippen LogP contribution in [0.4, 0.5) is 5.13 Å². The SMILES string of the molecule is CCCCc1ncc(C(=O)Nc2nc(C)cs2)n1Cc1ccc(-c2cc(-c3ccccc3)ccc2C(=N)N=NN)cc1. The number of nitrogens with one attached hydrogen (secondary N) is 2. The first-order valence-electron chi connectivity index (χ1n) is 13.7. The number of hydrogen-bond acceptors (Lipinski definition) is 6. The standard InChI is InChI=1S/C32H32N8OS/c1-3-4-10-29-35-18-28(31(41)37-32-36-21(2)20-42-32)40(29)19-22-11-13-24(14-12-22)27-17-25(23-8-6-5-7-9-23)15-16-26(27)30(33)38-39-34/h5-9,11-18,20H,3-4,10,19H2,1-2H3,(H3,33,34,38)(H,36,37,41). The highest BCUT2D eigenvalue weighted by molar-refractivity contribution is 7.13. The van der Waals surface area contributed by atoms with Crippen molar-refractivity contribution in [3.8, 4) is 22.3 Å². The molecule has 0 spiro atoms. The molecular weight excluding hydrogens is 544 g/mol. The van der Waals surface area contributed by atoms with Crippen molar-refractivity contribution < 1.29 is 4.79 Å². The fraction of sp³-hybridized carbons (Fsp3) is 0.188. The molecule has 0 atom stereocenters. The van der Waals surface area contributed by atoms with Gasteiger partial charge in [0, 0.05) is 23.9 Å². The number of nitrogens with two attached hydrogens (primary N) is 1. The van der Waals surface area contributed by atoms with Gasteiger partial charge in [0.1, 0.15) is 11.5 Å². The average molecular weight is 577 g/mol.